The predicted octanol–water partition coefficient (Wildman–Crippen LogP) is 11.4. The van der Waals surface area contributed by atoms with Gasteiger partial charge in [-0.3, -0.25) is 9.59 Å². The zero-order chi connectivity index (χ0) is 38.5. The molecule has 56 heavy (non-hydrogen) atoms. The normalized spacial score (nSPS) is 11.9. The maximum absolute atomic E-state index is 14.8. The van der Waals surface area contributed by atoms with Crippen molar-refractivity contribution >= 4 is 50.7 Å². The molecule has 0 unspecified atom stereocenters. The molecule has 0 radical (unpaired) electrons. The van der Waals surface area contributed by atoms with Gasteiger partial charge >= 0.3 is 0 Å². The van der Waals surface area contributed by atoms with Gasteiger partial charge in [-0.1, -0.05) is 97.1 Å². The number of amides is 2. The first kappa shape index (κ1) is 33.3. The third-order valence-electron chi connectivity index (χ3n) is 10.1. The monoisotopic (exact) mass is 716 g/mol. The number of nitrogens with zero attached hydrogens (tertiary/aromatic N) is 6. The van der Waals surface area contributed by atoms with E-state index in [2.05, 4.69) is 21.8 Å². The molecule has 0 fully saturated rings. The third-order valence-corrected chi connectivity index (χ3v) is 10.1. The number of para-hydroxylation sites is 1. The smallest absolute Gasteiger partial charge is 0.268 e. The first-order chi connectivity index (χ1) is 27.4. The van der Waals surface area contributed by atoms with Gasteiger partial charge < -0.3 is 4.57 Å². The Hall–Kier alpha value is -8.56. The molecule has 0 saturated heterocycles. The van der Waals surface area contributed by atoms with Crippen LogP contribution in [0.1, 0.15) is 31.8 Å². The summed E-state index contributed by atoms with van der Waals surface area (Å²) in [6, 6.07) is 48.4. The summed E-state index contributed by atoms with van der Waals surface area (Å²) in [5.74, 6) is -0.893. The number of aromatic nitrogens is 1. The summed E-state index contributed by atoms with van der Waals surface area (Å²) in [4.78, 5) is 37.6. The lowest BCUT2D eigenvalue weighted by Crippen LogP contribution is -2.30. The number of fused-ring (bicyclic) bond motifs is 4. The molecule has 8 aromatic rings. The van der Waals surface area contributed by atoms with Crippen LogP contribution in [0.3, 0.4) is 0 Å². The highest BCUT2D eigenvalue weighted by atomic mass is 16.2. The predicted molar refractivity (Wildman–Crippen MR) is 217 cm³/mol. The van der Waals surface area contributed by atoms with Crippen LogP contribution in [0.2, 0.25) is 0 Å². The molecule has 0 spiro atoms. The maximum Gasteiger partial charge on any atom is 0.268 e. The average molecular weight is 717 g/mol. The van der Waals surface area contributed by atoms with Crippen LogP contribution in [0, 0.1) is 35.8 Å². The lowest BCUT2D eigenvalue weighted by Gasteiger charge is -2.19. The first-order valence-corrected chi connectivity index (χ1v) is 17.5. The largest absolute Gasteiger partial charge is 0.308 e. The number of benzene rings is 7. The quantitative estimate of drug-likeness (QED) is 0.131. The molecule has 1 aliphatic heterocycles. The van der Waals surface area contributed by atoms with Crippen molar-refractivity contribution in [2.75, 3.05) is 4.90 Å². The van der Waals surface area contributed by atoms with Gasteiger partial charge in [0.05, 0.1) is 69.9 Å². The Morgan fingerprint density at radius 2 is 1.04 bits per heavy atom. The van der Waals surface area contributed by atoms with Gasteiger partial charge in [0.25, 0.3) is 11.8 Å². The number of carbonyl (C=O) groups excluding carboxylic acids is 2. The highest BCUT2D eigenvalue weighted by molar-refractivity contribution is 6.36. The van der Waals surface area contributed by atoms with Gasteiger partial charge in [-0.15, -0.1) is 0 Å². The van der Waals surface area contributed by atoms with Gasteiger partial charge in [-0.2, -0.15) is 10.5 Å². The standard InChI is InChI=1S/C48H24N6O2/c1-51-36-22-35(23-37(26-36)52-2)33-16-18-40-39-17-15-32(34-20-29(27-49)19-30(21-34)28-50)24-44(39)53(45(40)25-33)43-14-8-12-41-46(43)48(56)54(47(41)55)42-13-7-6-11-38(42)31-9-4-3-5-10-31/h3-26H. The zero-order valence-corrected chi connectivity index (χ0v) is 29.4. The van der Waals surface area contributed by atoms with Crippen LogP contribution in [0.15, 0.2) is 146 Å². The van der Waals surface area contributed by atoms with E-state index < -0.39 is 11.8 Å². The van der Waals surface area contributed by atoms with Crippen LogP contribution in [0.4, 0.5) is 17.1 Å². The summed E-state index contributed by atoms with van der Waals surface area (Å²) in [5.41, 5.74) is 8.81. The molecule has 1 aliphatic rings. The molecule has 0 atom stereocenters. The minimum atomic E-state index is -0.460. The molecule has 0 saturated carbocycles. The molecular formula is C48H24N6O2. The fourth-order valence-electron chi connectivity index (χ4n) is 7.65. The van der Waals surface area contributed by atoms with E-state index in [1.165, 1.54) is 4.90 Å². The van der Waals surface area contributed by atoms with Crippen LogP contribution in [0.5, 0.6) is 0 Å². The van der Waals surface area contributed by atoms with E-state index in [1.807, 2.05) is 95.6 Å². The molecule has 1 aromatic heterocycles. The van der Waals surface area contributed by atoms with Gasteiger partial charge in [0.15, 0.2) is 11.4 Å². The highest BCUT2D eigenvalue weighted by Gasteiger charge is 2.40. The van der Waals surface area contributed by atoms with Crippen molar-refractivity contribution in [3.8, 4) is 51.2 Å². The summed E-state index contributed by atoms with van der Waals surface area (Å²) in [6.07, 6.45) is 0. The van der Waals surface area contributed by atoms with Crippen molar-refractivity contribution in [1.82, 2.24) is 4.57 Å². The van der Waals surface area contributed by atoms with Crippen molar-refractivity contribution in [3.63, 3.8) is 0 Å². The van der Waals surface area contributed by atoms with Crippen molar-refractivity contribution < 1.29 is 9.59 Å². The highest BCUT2D eigenvalue weighted by Crippen LogP contribution is 2.42. The second-order valence-corrected chi connectivity index (χ2v) is 13.3. The van der Waals surface area contributed by atoms with Gasteiger partial charge in [-0.05, 0) is 76.3 Å². The molecule has 0 bridgehead atoms. The van der Waals surface area contributed by atoms with E-state index in [-0.39, 0.29) is 11.1 Å². The Labute approximate surface area is 321 Å². The number of nitriles is 2. The summed E-state index contributed by atoms with van der Waals surface area (Å²) in [6.45, 7) is 15.3. The lowest BCUT2D eigenvalue weighted by atomic mass is 9.99. The molecule has 0 N–H and O–H groups in total. The van der Waals surface area contributed by atoms with Gasteiger partial charge in [0, 0.05) is 16.3 Å². The van der Waals surface area contributed by atoms with Crippen LogP contribution < -0.4 is 4.90 Å². The number of anilines is 1. The van der Waals surface area contributed by atoms with E-state index >= 15 is 0 Å². The number of imide groups is 1. The van der Waals surface area contributed by atoms with E-state index in [9.17, 15) is 20.1 Å². The van der Waals surface area contributed by atoms with E-state index in [1.54, 1.807) is 54.6 Å². The summed E-state index contributed by atoms with van der Waals surface area (Å²) >= 11 is 0. The summed E-state index contributed by atoms with van der Waals surface area (Å²) in [5, 5.41) is 21.2. The third kappa shape index (κ3) is 5.27. The molecule has 2 amide bonds. The van der Waals surface area contributed by atoms with Crippen LogP contribution in [-0.4, -0.2) is 16.4 Å². The fourth-order valence-corrected chi connectivity index (χ4v) is 7.65. The van der Waals surface area contributed by atoms with Crippen molar-refractivity contribution in [1.29, 1.82) is 10.5 Å². The Bertz CT molecular complexity index is 2990. The van der Waals surface area contributed by atoms with Crippen LogP contribution in [-0.2, 0) is 0 Å². The SMILES string of the molecule is [C-]#[N+]c1cc([N+]#[C-])cc(-c2ccc3c4ccc(-c5cc(C#N)cc(C#N)c5)cc4n(-c4cccc5c4C(=O)N(c4ccccc4-c4ccccc4)C5=O)c3c2)c1. The number of rotatable bonds is 5. The molecule has 2 heterocycles. The van der Waals surface area contributed by atoms with E-state index in [0.717, 1.165) is 44.1 Å². The van der Waals surface area contributed by atoms with Gasteiger partial charge in [0.1, 0.15) is 0 Å². The molecule has 9 rings (SSSR count). The number of carbonyl (C=O) groups is 2. The minimum Gasteiger partial charge on any atom is -0.308 e. The second-order valence-electron chi connectivity index (χ2n) is 13.3. The molecule has 258 valence electrons. The van der Waals surface area contributed by atoms with Crippen molar-refractivity contribution in [3.05, 3.63) is 191 Å². The Morgan fingerprint density at radius 1 is 0.482 bits per heavy atom. The maximum atomic E-state index is 14.8. The van der Waals surface area contributed by atoms with Gasteiger partial charge in [-0.25, -0.2) is 14.6 Å². The van der Waals surface area contributed by atoms with Gasteiger partial charge in [0.2, 0.25) is 0 Å². The fraction of sp³-hybridized carbons (Fsp3) is 0. The molecule has 8 nitrogen and oxygen atoms in total. The van der Waals surface area contributed by atoms with Crippen LogP contribution in [0.25, 0.3) is 70.6 Å². The first-order valence-electron chi connectivity index (χ1n) is 17.5. The molecule has 8 heteroatoms. The molecule has 0 aliphatic carbocycles. The Kier molecular flexibility index (Phi) is 7.81. The zero-order valence-electron chi connectivity index (χ0n) is 29.4. The second kappa shape index (κ2) is 13.1. The van der Waals surface area contributed by atoms with Crippen molar-refractivity contribution in [2.24, 2.45) is 0 Å². The summed E-state index contributed by atoms with van der Waals surface area (Å²) in [7, 11) is 0. The number of hydrogen-bond acceptors (Lipinski definition) is 4. The lowest BCUT2D eigenvalue weighted by molar-refractivity contribution is 0.0926. The average Bonchev–Trinajstić information content (AvgIpc) is 3.72. The Balaban J connectivity index is 1.31. The van der Waals surface area contributed by atoms with Crippen LogP contribution >= 0.6 is 0 Å². The number of hydrogen-bond donors (Lipinski definition) is 0. The Morgan fingerprint density at radius 3 is 1.64 bits per heavy atom. The van der Waals surface area contributed by atoms with E-state index in [4.69, 9.17) is 13.1 Å². The van der Waals surface area contributed by atoms with Crippen molar-refractivity contribution in [2.45, 2.75) is 0 Å². The summed E-state index contributed by atoms with van der Waals surface area (Å²) < 4.78 is 1.97. The molecular weight excluding hydrogens is 693 g/mol. The topological polar surface area (TPSA) is 98.6 Å². The molecule has 7 aromatic carbocycles. The minimum absolute atomic E-state index is 0.249. The van der Waals surface area contributed by atoms with E-state index in [0.29, 0.717) is 45.0 Å².